The van der Waals surface area contributed by atoms with Gasteiger partial charge in [-0.15, -0.1) is 0 Å². The van der Waals surface area contributed by atoms with Crippen LogP contribution in [0.5, 0.6) is 0 Å². The van der Waals surface area contributed by atoms with E-state index in [1.54, 1.807) is 0 Å². The Morgan fingerprint density at radius 2 is 2.00 bits per heavy atom. The maximum atomic E-state index is 6.46. The maximum absolute atomic E-state index is 6.46. The monoisotopic (exact) mass is 294 g/mol. The van der Waals surface area contributed by atoms with Crippen LogP contribution >= 0.6 is 11.6 Å². The molecule has 20 heavy (non-hydrogen) atoms. The first-order valence-corrected chi connectivity index (χ1v) is 8.08. The van der Waals surface area contributed by atoms with Gasteiger partial charge in [-0.2, -0.15) is 0 Å². The van der Waals surface area contributed by atoms with Gasteiger partial charge in [0.1, 0.15) is 0 Å². The number of halogens is 1. The summed E-state index contributed by atoms with van der Waals surface area (Å²) in [7, 11) is 0. The number of hydrogen-bond donors (Lipinski definition) is 1. The van der Waals surface area contributed by atoms with E-state index in [9.17, 15) is 0 Å². The molecule has 3 heteroatoms. The fraction of sp³-hybridized carbons (Fsp3) is 0.647. The van der Waals surface area contributed by atoms with E-state index < -0.39 is 0 Å². The Balaban J connectivity index is 2.08. The highest BCUT2D eigenvalue weighted by atomic mass is 35.5. The summed E-state index contributed by atoms with van der Waals surface area (Å²) in [5, 5.41) is 4.37. The topological polar surface area (TPSA) is 15.3 Å². The normalized spacial score (nSPS) is 15.4. The van der Waals surface area contributed by atoms with Gasteiger partial charge in [-0.05, 0) is 57.7 Å². The molecule has 0 spiro atoms. The summed E-state index contributed by atoms with van der Waals surface area (Å²) in [6.45, 7) is 10.7. The zero-order valence-electron chi connectivity index (χ0n) is 13.2. The molecule has 2 rings (SSSR count). The van der Waals surface area contributed by atoms with Crippen molar-refractivity contribution < 1.29 is 0 Å². The van der Waals surface area contributed by atoms with Crippen LogP contribution in [0, 0.1) is 0 Å². The lowest BCUT2D eigenvalue weighted by molar-refractivity contribution is 0.424. The first-order valence-electron chi connectivity index (χ1n) is 7.71. The van der Waals surface area contributed by atoms with E-state index in [0.29, 0.717) is 0 Å². The van der Waals surface area contributed by atoms with Gasteiger partial charge in [0.15, 0.2) is 0 Å². The summed E-state index contributed by atoms with van der Waals surface area (Å²) in [5.41, 5.74) is 2.57. The van der Waals surface area contributed by atoms with Gasteiger partial charge in [0, 0.05) is 35.4 Å². The third-order valence-electron chi connectivity index (χ3n) is 3.63. The minimum absolute atomic E-state index is 0.115. The van der Waals surface area contributed by atoms with Crippen LogP contribution in [0.25, 0.3) is 0 Å². The predicted octanol–water partition coefficient (Wildman–Crippen LogP) is 4.61. The molecule has 0 aromatic heterocycles. The van der Waals surface area contributed by atoms with E-state index in [1.807, 2.05) is 0 Å². The first-order chi connectivity index (χ1) is 9.40. The summed E-state index contributed by atoms with van der Waals surface area (Å²) in [5.74, 6) is 0. The molecule has 1 saturated carbocycles. The molecule has 1 aromatic carbocycles. The van der Waals surface area contributed by atoms with Crippen molar-refractivity contribution in [1.29, 1.82) is 0 Å². The van der Waals surface area contributed by atoms with Crippen LogP contribution < -0.4 is 10.2 Å². The lowest BCUT2D eigenvalue weighted by Gasteiger charge is -2.25. The summed E-state index contributed by atoms with van der Waals surface area (Å²) >= 11 is 6.46. The molecule has 1 N–H and O–H groups in total. The van der Waals surface area contributed by atoms with E-state index in [0.717, 1.165) is 24.2 Å². The minimum Gasteiger partial charge on any atom is -0.369 e. The Morgan fingerprint density at radius 3 is 2.50 bits per heavy atom. The third-order valence-corrected chi connectivity index (χ3v) is 3.98. The maximum Gasteiger partial charge on any atom is 0.0471 e. The summed E-state index contributed by atoms with van der Waals surface area (Å²) in [6, 6.07) is 7.26. The van der Waals surface area contributed by atoms with Gasteiger partial charge in [-0.1, -0.05) is 24.6 Å². The molecule has 1 aliphatic carbocycles. The van der Waals surface area contributed by atoms with E-state index >= 15 is 0 Å². The molecule has 112 valence electrons. The Bertz CT molecular complexity index is 447. The molecule has 0 saturated heterocycles. The van der Waals surface area contributed by atoms with E-state index in [-0.39, 0.29) is 5.54 Å². The molecule has 0 radical (unpaired) electrons. The summed E-state index contributed by atoms with van der Waals surface area (Å²) in [6.07, 6.45) is 3.83. The highest BCUT2D eigenvalue weighted by Crippen LogP contribution is 2.33. The Kier molecular flexibility index (Phi) is 4.98. The van der Waals surface area contributed by atoms with Crippen molar-refractivity contribution in [2.24, 2.45) is 0 Å². The third kappa shape index (κ3) is 4.39. The van der Waals surface area contributed by atoms with Gasteiger partial charge >= 0.3 is 0 Å². The fourth-order valence-corrected chi connectivity index (χ4v) is 2.61. The second kappa shape index (κ2) is 6.36. The van der Waals surface area contributed by atoms with Gasteiger partial charge in [0.2, 0.25) is 0 Å². The lowest BCUT2D eigenvalue weighted by Crippen LogP contribution is -2.35. The van der Waals surface area contributed by atoms with Gasteiger partial charge in [-0.25, -0.2) is 0 Å². The van der Waals surface area contributed by atoms with Gasteiger partial charge in [0.25, 0.3) is 0 Å². The molecule has 1 aromatic rings. The molecule has 1 aliphatic rings. The van der Waals surface area contributed by atoms with Crippen molar-refractivity contribution >= 4 is 17.3 Å². The second-order valence-corrected chi connectivity index (χ2v) is 7.21. The van der Waals surface area contributed by atoms with Crippen LogP contribution in [0.4, 0.5) is 5.69 Å². The van der Waals surface area contributed by atoms with Crippen molar-refractivity contribution in [2.45, 2.75) is 65.1 Å². The van der Waals surface area contributed by atoms with Gasteiger partial charge in [0.05, 0.1) is 0 Å². The van der Waals surface area contributed by atoms with Gasteiger partial charge in [-0.3, -0.25) is 0 Å². The molecule has 0 aliphatic heterocycles. The Labute approximate surface area is 128 Å². The zero-order chi connectivity index (χ0) is 14.8. The predicted molar refractivity (Wildman–Crippen MR) is 88.7 cm³/mol. The minimum atomic E-state index is 0.115. The number of rotatable bonds is 6. The van der Waals surface area contributed by atoms with Crippen molar-refractivity contribution in [1.82, 2.24) is 5.32 Å². The molecular weight excluding hydrogens is 268 g/mol. The quantitative estimate of drug-likeness (QED) is 0.824. The number of benzene rings is 1. The van der Waals surface area contributed by atoms with Crippen LogP contribution in [0.2, 0.25) is 5.02 Å². The van der Waals surface area contributed by atoms with Crippen molar-refractivity contribution in [3.63, 3.8) is 0 Å². The zero-order valence-corrected chi connectivity index (χ0v) is 13.9. The van der Waals surface area contributed by atoms with E-state index in [2.05, 4.69) is 56.1 Å². The largest absolute Gasteiger partial charge is 0.369 e. The highest BCUT2D eigenvalue weighted by Gasteiger charge is 2.28. The molecule has 0 heterocycles. The van der Waals surface area contributed by atoms with Crippen molar-refractivity contribution in [3.05, 3.63) is 28.8 Å². The lowest BCUT2D eigenvalue weighted by atomic mass is 10.1. The van der Waals surface area contributed by atoms with Crippen LogP contribution in [-0.2, 0) is 6.54 Å². The second-order valence-electron chi connectivity index (χ2n) is 6.80. The van der Waals surface area contributed by atoms with Crippen LogP contribution in [0.15, 0.2) is 18.2 Å². The van der Waals surface area contributed by atoms with Crippen LogP contribution in [0.3, 0.4) is 0 Å². The number of hydrogen-bond acceptors (Lipinski definition) is 2. The van der Waals surface area contributed by atoms with Crippen molar-refractivity contribution in [3.8, 4) is 0 Å². The summed E-state index contributed by atoms with van der Waals surface area (Å²) in [4.78, 5) is 2.51. The molecular formula is C17H27ClN2. The molecule has 0 atom stereocenters. The van der Waals surface area contributed by atoms with E-state index in [4.69, 9.17) is 11.6 Å². The van der Waals surface area contributed by atoms with Crippen LogP contribution in [0.1, 0.15) is 52.5 Å². The number of anilines is 1. The SMILES string of the molecule is CCCN(c1ccc(CNC(C)(C)C)c(Cl)c1)C1CC1. The number of nitrogens with one attached hydrogen (secondary N) is 1. The summed E-state index contributed by atoms with van der Waals surface area (Å²) < 4.78 is 0. The highest BCUT2D eigenvalue weighted by molar-refractivity contribution is 6.31. The standard InChI is InChI=1S/C17H27ClN2/c1-5-10-20(14-8-9-14)15-7-6-13(16(18)11-15)12-19-17(2,3)4/h6-7,11,14,19H,5,8-10,12H2,1-4H3. The number of nitrogens with zero attached hydrogens (tertiary/aromatic N) is 1. The Morgan fingerprint density at radius 1 is 1.30 bits per heavy atom. The molecule has 2 nitrogen and oxygen atoms in total. The molecule has 0 bridgehead atoms. The first kappa shape index (κ1) is 15.7. The van der Waals surface area contributed by atoms with Crippen LogP contribution in [-0.4, -0.2) is 18.1 Å². The van der Waals surface area contributed by atoms with Gasteiger partial charge < -0.3 is 10.2 Å². The smallest absolute Gasteiger partial charge is 0.0471 e. The molecule has 0 amide bonds. The molecule has 0 unspecified atom stereocenters. The Hall–Kier alpha value is -0.730. The van der Waals surface area contributed by atoms with Crippen molar-refractivity contribution in [2.75, 3.05) is 11.4 Å². The van der Waals surface area contributed by atoms with E-state index in [1.165, 1.54) is 30.5 Å². The average Bonchev–Trinajstić information content (AvgIpc) is 3.17. The fourth-order valence-electron chi connectivity index (χ4n) is 2.37. The molecule has 1 fully saturated rings. The average molecular weight is 295 g/mol.